The first-order chi connectivity index (χ1) is 9.60. The molecular weight excluding hydrogens is 254 g/mol. The van der Waals surface area contributed by atoms with Gasteiger partial charge in [0.25, 0.3) is 0 Å². The molecule has 0 amide bonds. The zero-order valence-corrected chi connectivity index (χ0v) is 11.6. The standard InChI is InChI=1S/C16H19NO3/c1-9-6-14(18)16(15(19)7-9)13-8-11(20-17)4-5-12(13)10-2-3-10/h4-5,8-10,16H,2-3,6-7,17H2,1H3. The fourth-order valence-corrected chi connectivity index (χ4v) is 3.16. The summed E-state index contributed by atoms with van der Waals surface area (Å²) in [4.78, 5) is 29.4. The Hall–Kier alpha value is -1.68. The second-order valence-corrected chi connectivity index (χ2v) is 6.06. The third kappa shape index (κ3) is 2.36. The molecule has 2 fully saturated rings. The second-order valence-electron chi connectivity index (χ2n) is 6.06. The van der Waals surface area contributed by atoms with Crippen LogP contribution in [-0.2, 0) is 9.59 Å². The number of carbonyl (C=O) groups is 2. The van der Waals surface area contributed by atoms with E-state index in [1.807, 2.05) is 13.0 Å². The smallest absolute Gasteiger partial charge is 0.148 e. The molecule has 0 radical (unpaired) electrons. The first-order valence-corrected chi connectivity index (χ1v) is 7.16. The quantitative estimate of drug-likeness (QED) is 0.678. The Bertz CT molecular complexity index is 545. The van der Waals surface area contributed by atoms with Crippen molar-refractivity contribution in [1.82, 2.24) is 0 Å². The Morgan fingerprint density at radius 1 is 1.10 bits per heavy atom. The van der Waals surface area contributed by atoms with Gasteiger partial charge in [0.15, 0.2) is 0 Å². The number of carbonyl (C=O) groups excluding carboxylic acids is 2. The molecule has 2 saturated carbocycles. The van der Waals surface area contributed by atoms with Crippen molar-refractivity contribution in [3.63, 3.8) is 0 Å². The molecule has 0 atom stereocenters. The third-order valence-corrected chi connectivity index (χ3v) is 4.27. The molecule has 20 heavy (non-hydrogen) atoms. The van der Waals surface area contributed by atoms with Gasteiger partial charge in [-0.2, -0.15) is 5.90 Å². The van der Waals surface area contributed by atoms with Crippen LogP contribution in [0.1, 0.15) is 55.6 Å². The summed E-state index contributed by atoms with van der Waals surface area (Å²) in [5.41, 5.74) is 1.93. The maximum absolute atomic E-state index is 12.3. The average Bonchev–Trinajstić information content (AvgIpc) is 3.21. The van der Waals surface area contributed by atoms with E-state index < -0.39 is 5.92 Å². The zero-order chi connectivity index (χ0) is 14.3. The van der Waals surface area contributed by atoms with Gasteiger partial charge in [-0.1, -0.05) is 13.0 Å². The lowest BCUT2D eigenvalue weighted by Gasteiger charge is -2.26. The lowest BCUT2D eigenvalue weighted by molar-refractivity contribution is -0.133. The van der Waals surface area contributed by atoms with Gasteiger partial charge in [-0.25, -0.2) is 0 Å². The minimum atomic E-state index is -0.614. The van der Waals surface area contributed by atoms with Gasteiger partial charge in [-0.15, -0.1) is 0 Å². The van der Waals surface area contributed by atoms with Crippen molar-refractivity contribution in [2.24, 2.45) is 11.8 Å². The molecule has 1 aromatic rings. The molecular formula is C16H19NO3. The molecule has 0 spiro atoms. The molecule has 4 nitrogen and oxygen atoms in total. The third-order valence-electron chi connectivity index (χ3n) is 4.27. The Morgan fingerprint density at radius 3 is 2.30 bits per heavy atom. The Kier molecular flexibility index (Phi) is 3.34. The molecule has 0 saturated heterocycles. The number of nitrogens with two attached hydrogens (primary N) is 1. The summed E-state index contributed by atoms with van der Waals surface area (Å²) in [7, 11) is 0. The highest BCUT2D eigenvalue weighted by Crippen LogP contribution is 2.45. The van der Waals surface area contributed by atoms with Crippen LogP contribution in [0.25, 0.3) is 0 Å². The van der Waals surface area contributed by atoms with E-state index in [0.717, 1.165) is 24.0 Å². The van der Waals surface area contributed by atoms with E-state index in [2.05, 4.69) is 0 Å². The van der Waals surface area contributed by atoms with Crippen molar-refractivity contribution in [3.05, 3.63) is 29.3 Å². The van der Waals surface area contributed by atoms with Crippen LogP contribution in [0.5, 0.6) is 5.75 Å². The number of benzene rings is 1. The summed E-state index contributed by atoms with van der Waals surface area (Å²) in [5, 5.41) is 0. The summed E-state index contributed by atoms with van der Waals surface area (Å²) in [6.07, 6.45) is 3.21. The molecule has 0 heterocycles. The van der Waals surface area contributed by atoms with Crippen molar-refractivity contribution >= 4 is 11.6 Å². The first-order valence-electron chi connectivity index (χ1n) is 7.16. The molecule has 2 aliphatic carbocycles. The molecule has 106 valence electrons. The minimum Gasteiger partial charge on any atom is -0.412 e. The van der Waals surface area contributed by atoms with E-state index in [-0.39, 0.29) is 17.5 Å². The van der Waals surface area contributed by atoms with Gasteiger partial charge in [0.1, 0.15) is 23.2 Å². The van der Waals surface area contributed by atoms with E-state index in [1.54, 1.807) is 12.1 Å². The topological polar surface area (TPSA) is 69.4 Å². The SMILES string of the molecule is CC1CC(=O)C(c2cc(ON)ccc2C2CC2)C(=O)C1. The monoisotopic (exact) mass is 273 g/mol. The molecule has 1 aromatic carbocycles. The van der Waals surface area contributed by atoms with Gasteiger partial charge in [-0.05, 0) is 47.9 Å². The molecule has 3 rings (SSSR count). The highest BCUT2D eigenvalue weighted by Gasteiger charge is 2.38. The van der Waals surface area contributed by atoms with E-state index in [4.69, 9.17) is 10.7 Å². The van der Waals surface area contributed by atoms with Crippen LogP contribution < -0.4 is 10.7 Å². The molecule has 2 N–H and O–H groups in total. The highest BCUT2D eigenvalue weighted by atomic mass is 16.6. The number of Topliss-reactive ketones (excluding diaryl/α,β-unsaturated/α-hetero) is 2. The van der Waals surface area contributed by atoms with Crippen molar-refractivity contribution in [3.8, 4) is 5.75 Å². The maximum Gasteiger partial charge on any atom is 0.148 e. The molecule has 0 aliphatic heterocycles. The van der Waals surface area contributed by atoms with Gasteiger partial charge in [-0.3, -0.25) is 9.59 Å². The van der Waals surface area contributed by atoms with Crippen molar-refractivity contribution in [1.29, 1.82) is 0 Å². The van der Waals surface area contributed by atoms with Crippen molar-refractivity contribution in [2.75, 3.05) is 0 Å². The summed E-state index contributed by atoms with van der Waals surface area (Å²) in [5.74, 6) is 5.81. The van der Waals surface area contributed by atoms with Crippen LogP contribution in [0.15, 0.2) is 18.2 Å². The zero-order valence-electron chi connectivity index (χ0n) is 11.6. The molecule has 0 bridgehead atoms. The molecule has 4 heteroatoms. The lowest BCUT2D eigenvalue weighted by Crippen LogP contribution is -2.31. The maximum atomic E-state index is 12.3. The highest BCUT2D eigenvalue weighted by molar-refractivity contribution is 6.10. The predicted octanol–water partition coefficient (Wildman–Crippen LogP) is 2.47. The van der Waals surface area contributed by atoms with E-state index in [0.29, 0.717) is 24.5 Å². The first kappa shape index (κ1) is 13.3. The van der Waals surface area contributed by atoms with Crippen molar-refractivity contribution < 1.29 is 14.4 Å². The van der Waals surface area contributed by atoms with Crippen LogP contribution in [0.3, 0.4) is 0 Å². The van der Waals surface area contributed by atoms with Crippen LogP contribution in [0, 0.1) is 5.92 Å². The number of hydrogen-bond acceptors (Lipinski definition) is 4. The molecule has 0 unspecified atom stereocenters. The fourth-order valence-electron chi connectivity index (χ4n) is 3.16. The van der Waals surface area contributed by atoms with Gasteiger partial charge in [0.05, 0.1) is 0 Å². The number of hydrogen-bond donors (Lipinski definition) is 1. The van der Waals surface area contributed by atoms with Crippen molar-refractivity contribution in [2.45, 2.75) is 44.4 Å². The lowest BCUT2D eigenvalue weighted by atomic mass is 9.75. The Labute approximate surface area is 118 Å². The second kappa shape index (κ2) is 5.02. The van der Waals surface area contributed by atoms with Crippen LogP contribution in [0.2, 0.25) is 0 Å². The summed E-state index contributed by atoms with van der Waals surface area (Å²) >= 11 is 0. The van der Waals surface area contributed by atoms with Crippen LogP contribution in [-0.4, -0.2) is 11.6 Å². The average molecular weight is 273 g/mol. The number of ketones is 2. The fraction of sp³-hybridized carbons (Fsp3) is 0.500. The van der Waals surface area contributed by atoms with E-state index in [9.17, 15) is 9.59 Å². The Balaban J connectivity index is 2.02. The van der Waals surface area contributed by atoms with E-state index in [1.165, 1.54) is 0 Å². The summed E-state index contributed by atoms with van der Waals surface area (Å²) in [6, 6.07) is 5.52. The van der Waals surface area contributed by atoms with Crippen LogP contribution >= 0.6 is 0 Å². The molecule has 2 aliphatic rings. The normalized spacial score (nSPS) is 26.7. The largest absolute Gasteiger partial charge is 0.412 e. The summed E-state index contributed by atoms with van der Waals surface area (Å²) < 4.78 is 0. The van der Waals surface area contributed by atoms with Gasteiger partial charge < -0.3 is 4.84 Å². The van der Waals surface area contributed by atoms with Gasteiger partial charge in [0.2, 0.25) is 0 Å². The predicted molar refractivity (Wildman–Crippen MR) is 74.4 cm³/mol. The Morgan fingerprint density at radius 2 is 1.75 bits per heavy atom. The van der Waals surface area contributed by atoms with Gasteiger partial charge in [0, 0.05) is 12.8 Å². The van der Waals surface area contributed by atoms with Crippen LogP contribution in [0.4, 0.5) is 0 Å². The van der Waals surface area contributed by atoms with E-state index >= 15 is 0 Å². The van der Waals surface area contributed by atoms with Gasteiger partial charge >= 0.3 is 0 Å². The summed E-state index contributed by atoms with van der Waals surface area (Å²) in [6.45, 7) is 1.95. The minimum absolute atomic E-state index is 0.0322. The number of rotatable bonds is 3. The molecule has 0 aromatic heterocycles.